The molecule has 126 valence electrons. The van der Waals surface area contributed by atoms with E-state index in [-0.39, 0.29) is 16.5 Å². The number of carbonyl (C=O) groups is 1. The summed E-state index contributed by atoms with van der Waals surface area (Å²) in [6.45, 7) is 8.54. The molecule has 0 unspecified atom stereocenters. The number of amides is 1. The zero-order valence-electron chi connectivity index (χ0n) is 13.2. The Morgan fingerprint density at radius 2 is 2.04 bits per heavy atom. The van der Waals surface area contributed by atoms with E-state index in [0.29, 0.717) is 10.0 Å². The molecule has 2 saturated heterocycles. The number of halogens is 2. The molecular formula is C16H23Cl2N3OS+2. The minimum atomic E-state index is -0.000794. The molecule has 1 amide bonds. The van der Waals surface area contributed by atoms with Crippen LogP contribution < -0.4 is 10.2 Å². The molecule has 2 aliphatic rings. The summed E-state index contributed by atoms with van der Waals surface area (Å²) in [5.74, 6) is 0.231. The molecule has 2 fully saturated rings. The molecule has 0 bridgehead atoms. The van der Waals surface area contributed by atoms with Crippen molar-refractivity contribution in [3.63, 3.8) is 0 Å². The van der Waals surface area contributed by atoms with Crippen molar-refractivity contribution in [1.29, 1.82) is 0 Å². The van der Waals surface area contributed by atoms with E-state index in [0.717, 1.165) is 18.7 Å². The summed E-state index contributed by atoms with van der Waals surface area (Å²) < 4.78 is 0. The van der Waals surface area contributed by atoms with Crippen LogP contribution in [0.25, 0.3) is 0 Å². The molecule has 2 heterocycles. The van der Waals surface area contributed by atoms with Gasteiger partial charge < -0.3 is 15.1 Å². The molecule has 4 nitrogen and oxygen atoms in total. The van der Waals surface area contributed by atoms with E-state index < -0.39 is 0 Å². The van der Waals surface area contributed by atoms with E-state index in [9.17, 15) is 4.79 Å². The molecule has 23 heavy (non-hydrogen) atoms. The first-order chi connectivity index (χ1) is 11.1. The van der Waals surface area contributed by atoms with Gasteiger partial charge >= 0.3 is 0 Å². The summed E-state index contributed by atoms with van der Waals surface area (Å²) in [7, 11) is 0. The number of nitrogens with two attached hydrogens (primary N) is 1. The minimum absolute atomic E-state index is 0.000794. The van der Waals surface area contributed by atoms with E-state index in [1.807, 2.05) is 30.0 Å². The molecule has 0 aromatic heterocycles. The number of piperazine rings is 1. The van der Waals surface area contributed by atoms with Crippen LogP contribution in [0, 0.1) is 0 Å². The second-order valence-electron chi connectivity index (χ2n) is 6.20. The first-order valence-corrected chi connectivity index (χ1v) is 9.82. The molecule has 3 N–H and O–H groups in total. The van der Waals surface area contributed by atoms with Gasteiger partial charge in [-0.3, -0.25) is 4.79 Å². The highest BCUT2D eigenvalue weighted by Crippen LogP contribution is 2.43. The van der Waals surface area contributed by atoms with Crippen molar-refractivity contribution in [2.75, 3.05) is 39.3 Å². The maximum absolute atomic E-state index is 12.5. The first-order valence-electron chi connectivity index (χ1n) is 8.12. The van der Waals surface area contributed by atoms with Crippen LogP contribution in [0.1, 0.15) is 17.9 Å². The highest BCUT2D eigenvalue weighted by molar-refractivity contribution is 8.01. The lowest BCUT2D eigenvalue weighted by Crippen LogP contribution is -3.20. The molecule has 2 aliphatic heterocycles. The number of quaternary nitrogens is 2. The smallest absolute Gasteiger partial charge is 0.236 e. The van der Waals surface area contributed by atoms with Gasteiger partial charge in [-0.2, -0.15) is 0 Å². The summed E-state index contributed by atoms with van der Waals surface area (Å²) in [5, 5.41) is 3.51. The summed E-state index contributed by atoms with van der Waals surface area (Å²) in [5.41, 5.74) is 1.06. The quantitative estimate of drug-likeness (QED) is 0.800. The van der Waals surface area contributed by atoms with Gasteiger partial charge in [-0.25, -0.2) is 0 Å². The Balaban J connectivity index is 1.72. The Morgan fingerprint density at radius 1 is 1.30 bits per heavy atom. The van der Waals surface area contributed by atoms with Crippen LogP contribution in [0.4, 0.5) is 0 Å². The fraction of sp³-hybridized carbons (Fsp3) is 0.562. The number of thioether (sulfide) groups is 1. The molecule has 0 spiro atoms. The van der Waals surface area contributed by atoms with Gasteiger partial charge in [0.25, 0.3) is 0 Å². The summed E-state index contributed by atoms with van der Waals surface area (Å²) in [4.78, 5) is 16.2. The number of nitrogens with one attached hydrogen (secondary N) is 1. The average Bonchev–Trinajstić information content (AvgIpc) is 2.84. The Hall–Kier alpha value is -0.460. The second kappa shape index (κ2) is 7.62. The van der Waals surface area contributed by atoms with Crippen LogP contribution in [0.3, 0.4) is 0 Å². The zero-order chi connectivity index (χ0) is 16.4. The van der Waals surface area contributed by atoms with Crippen molar-refractivity contribution in [1.82, 2.24) is 4.90 Å². The molecule has 3 rings (SSSR count). The van der Waals surface area contributed by atoms with Crippen LogP contribution in [0.15, 0.2) is 18.2 Å². The predicted molar refractivity (Wildman–Crippen MR) is 95.2 cm³/mol. The van der Waals surface area contributed by atoms with Gasteiger partial charge in [-0.05, 0) is 24.6 Å². The maximum Gasteiger partial charge on any atom is 0.236 e. The number of hydrogen-bond acceptors (Lipinski definition) is 2. The van der Waals surface area contributed by atoms with Gasteiger partial charge in [0.2, 0.25) is 5.91 Å². The first kappa shape index (κ1) is 17.4. The van der Waals surface area contributed by atoms with Gasteiger partial charge in [0.1, 0.15) is 31.6 Å². The Bertz CT molecular complexity index is 580. The van der Waals surface area contributed by atoms with E-state index in [2.05, 4.69) is 5.32 Å². The molecule has 0 aliphatic carbocycles. The average molecular weight is 376 g/mol. The molecule has 2 atom stereocenters. The van der Waals surface area contributed by atoms with Crippen molar-refractivity contribution in [3.05, 3.63) is 33.8 Å². The van der Waals surface area contributed by atoms with Crippen LogP contribution in [-0.4, -0.2) is 55.3 Å². The van der Waals surface area contributed by atoms with Crippen LogP contribution >= 0.6 is 35.0 Å². The topological polar surface area (TPSA) is 41.4 Å². The summed E-state index contributed by atoms with van der Waals surface area (Å²) in [6.07, 6.45) is 0. The van der Waals surface area contributed by atoms with Gasteiger partial charge in [-0.1, -0.05) is 29.3 Å². The SMILES string of the molecule is C[C@@H]1S[C@H](c2ccc(Cl)c(Cl)c2)N(CC[NH+]2CC[NH2+]CC2)C1=O. The van der Waals surface area contributed by atoms with Crippen LogP contribution in [-0.2, 0) is 4.79 Å². The highest BCUT2D eigenvalue weighted by atomic mass is 35.5. The van der Waals surface area contributed by atoms with Gasteiger partial charge in [0.05, 0.1) is 28.4 Å². The number of hydrogen-bond donors (Lipinski definition) is 2. The van der Waals surface area contributed by atoms with Crippen molar-refractivity contribution in [2.45, 2.75) is 17.5 Å². The standard InChI is InChI=1S/C16H21Cl2N3OS/c1-11-15(22)21(9-8-20-6-4-19-5-7-20)16(23-11)12-2-3-13(17)14(18)10-12/h2-3,10-11,16,19H,4-9H2,1H3/p+2/t11-,16+/m0/s1. The largest absolute Gasteiger partial charge is 0.337 e. The number of nitrogens with zero attached hydrogens (tertiary/aromatic N) is 1. The molecule has 0 radical (unpaired) electrons. The normalized spacial score (nSPS) is 26.0. The predicted octanol–water partition coefficient (Wildman–Crippen LogP) is 0.418. The highest BCUT2D eigenvalue weighted by Gasteiger charge is 2.39. The fourth-order valence-corrected chi connectivity index (χ4v) is 4.84. The van der Waals surface area contributed by atoms with E-state index >= 15 is 0 Å². The van der Waals surface area contributed by atoms with Crippen molar-refractivity contribution in [3.8, 4) is 0 Å². The maximum atomic E-state index is 12.5. The van der Waals surface area contributed by atoms with Crippen LogP contribution in [0.2, 0.25) is 10.0 Å². The lowest BCUT2D eigenvalue weighted by Gasteiger charge is -2.28. The number of benzene rings is 1. The minimum Gasteiger partial charge on any atom is -0.337 e. The third-order valence-corrected chi connectivity index (χ3v) is 6.72. The van der Waals surface area contributed by atoms with E-state index in [4.69, 9.17) is 23.2 Å². The summed E-state index contributed by atoms with van der Waals surface area (Å²) in [6, 6.07) is 5.69. The number of carbonyl (C=O) groups excluding carboxylic acids is 1. The monoisotopic (exact) mass is 375 g/mol. The third-order valence-electron chi connectivity index (χ3n) is 4.59. The third kappa shape index (κ3) is 3.97. The Labute approximate surface area is 151 Å². The lowest BCUT2D eigenvalue weighted by atomic mass is 10.2. The molecule has 0 saturated carbocycles. The number of rotatable bonds is 4. The van der Waals surface area contributed by atoms with Crippen LogP contribution in [0.5, 0.6) is 0 Å². The molecule has 1 aromatic carbocycles. The fourth-order valence-electron chi connectivity index (χ4n) is 3.24. The second-order valence-corrected chi connectivity index (χ2v) is 8.44. The molecule has 1 aromatic rings. The lowest BCUT2D eigenvalue weighted by molar-refractivity contribution is -0.946. The van der Waals surface area contributed by atoms with Crippen molar-refractivity contribution in [2.24, 2.45) is 0 Å². The molecular weight excluding hydrogens is 353 g/mol. The van der Waals surface area contributed by atoms with Crippen molar-refractivity contribution >= 4 is 40.9 Å². The molecule has 7 heteroatoms. The van der Waals surface area contributed by atoms with Gasteiger partial charge in [0.15, 0.2) is 0 Å². The van der Waals surface area contributed by atoms with E-state index in [1.165, 1.54) is 26.2 Å². The van der Waals surface area contributed by atoms with Gasteiger partial charge in [0, 0.05) is 0 Å². The van der Waals surface area contributed by atoms with E-state index in [1.54, 1.807) is 16.7 Å². The van der Waals surface area contributed by atoms with Gasteiger partial charge in [-0.15, -0.1) is 11.8 Å². The van der Waals surface area contributed by atoms with Crippen molar-refractivity contribution < 1.29 is 15.0 Å². The Morgan fingerprint density at radius 3 is 2.74 bits per heavy atom. The summed E-state index contributed by atoms with van der Waals surface area (Å²) >= 11 is 13.9. The Kier molecular flexibility index (Phi) is 5.75. The zero-order valence-corrected chi connectivity index (χ0v) is 15.6.